The summed E-state index contributed by atoms with van der Waals surface area (Å²) < 4.78 is 25.2. The fourth-order valence-corrected chi connectivity index (χ4v) is 4.15. The van der Waals surface area contributed by atoms with E-state index in [1.54, 1.807) is 4.90 Å². The van der Waals surface area contributed by atoms with Crippen molar-refractivity contribution in [1.82, 2.24) is 9.21 Å². The van der Waals surface area contributed by atoms with Crippen LogP contribution >= 0.6 is 0 Å². The third-order valence-electron chi connectivity index (χ3n) is 4.69. The molecule has 0 aromatic heterocycles. The number of carbonyl (C=O) groups is 1. The minimum Gasteiger partial charge on any atom is -0.391 e. The van der Waals surface area contributed by atoms with Crippen LogP contribution in [0.2, 0.25) is 0 Å². The van der Waals surface area contributed by atoms with Crippen LogP contribution in [0.4, 0.5) is 0 Å². The smallest absolute Gasteiger partial charge is 0.253 e. The molecule has 1 saturated heterocycles. The van der Waals surface area contributed by atoms with Gasteiger partial charge in [-0.05, 0) is 30.5 Å². The van der Waals surface area contributed by atoms with Crippen LogP contribution in [0.5, 0.6) is 0 Å². The van der Waals surface area contributed by atoms with Gasteiger partial charge in [-0.3, -0.25) is 4.79 Å². The van der Waals surface area contributed by atoms with Crippen LogP contribution in [-0.4, -0.2) is 67.7 Å². The molecule has 7 heteroatoms. The maximum atomic E-state index is 12.6. The fraction of sp³-hybridized carbons (Fsp3) is 0.611. The Morgan fingerprint density at radius 1 is 1.24 bits per heavy atom. The van der Waals surface area contributed by atoms with Crippen LogP contribution < -0.4 is 0 Å². The van der Waals surface area contributed by atoms with E-state index in [9.17, 15) is 18.3 Å². The number of unbranched alkanes of at least 4 members (excludes halogenated alkanes) is 1. The highest BCUT2D eigenvalue weighted by Gasteiger charge is 2.37. The minimum atomic E-state index is -3.41. The van der Waals surface area contributed by atoms with Gasteiger partial charge in [0.2, 0.25) is 10.0 Å². The summed E-state index contributed by atoms with van der Waals surface area (Å²) in [6, 6.07) is 7.54. The molecule has 2 rings (SSSR count). The number of likely N-dealkylation sites (tertiary alicyclic amines) is 1. The van der Waals surface area contributed by atoms with Gasteiger partial charge < -0.3 is 10.0 Å². The van der Waals surface area contributed by atoms with Crippen LogP contribution in [0.1, 0.15) is 35.7 Å². The van der Waals surface area contributed by atoms with Gasteiger partial charge in [0.1, 0.15) is 0 Å². The van der Waals surface area contributed by atoms with Crippen molar-refractivity contribution in [3.05, 3.63) is 35.4 Å². The molecule has 0 unspecified atom stereocenters. The largest absolute Gasteiger partial charge is 0.391 e. The molecule has 1 aliphatic heterocycles. The Kier molecular flexibility index (Phi) is 6.59. The van der Waals surface area contributed by atoms with E-state index in [0.717, 1.165) is 23.6 Å². The number of aryl methyl sites for hydroxylation is 1. The van der Waals surface area contributed by atoms with Gasteiger partial charge in [0, 0.05) is 38.7 Å². The molecule has 0 saturated carbocycles. The quantitative estimate of drug-likeness (QED) is 0.788. The maximum Gasteiger partial charge on any atom is 0.253 e. The highest BCUT2D eigenvalue weighted by molar-refractivity contribution is 7.89. The highest BCUT2D eigenvalue weighted by Crippen LogP contribution is 2.22. The number of sulfonamides is 1. The molecule has 6 nitrogen and oxygen atoms in total. The Balaban J connectivity index is 2.01. The highest BCUT2D eigenvalue weighted by atomic mass is 32.2. The normalized spacial score (nSPS) is 21.1. The number of aliphatic hydroxyl groups is 1. The molecule has 0 spiro atoms. The van der Waals surface area contributed by atoms with E-state index in [2.05, 4.69) is 6.92 Å². The van der Waals surface area contributed by atoms with E-state index in [-0.39, 0.29) is 24.7 Å². The molecule has 1 amide bonds. The van der Waals surface area contributed by atoms with Gasteiger partial charge >= 0.3 is 0 Å². The summed E-state index contributed by atoms with van der Waals surface area (Å²) in [6.45, 7) is 2.57. The summed E-state index contributed by atoms with van der Waals surface area (Å²) in [7, 11) is -0.464. The maximum absolute atomic E-state index is 12.6. The molecule has 1 fully saturated rings. The number of hydrogen-bond acceptors (Lipinski definition) is 4. The van der Waals surface area contributed by atoms with E-state index >= 15 is 0 Å². The summed E-state index contributed by atoms with van der Waals surface area (Å²) in [5, 5.41) is 10.2. The predicted molar refractivity (Wildman–Crippen MR) is 97.9 cm³/mol. The van der Waals surface area contributed by atoms with E-state index < -0.39 is 22.0 Å². The van der Waals surface area contributed by atoms with Crippen LogP contribution in [0.3, 0.4) is 0 Å². The SMILES string of the molecule is CCCCc1ccc(C(=O)N2C[C@@H](CS(=O)(=O)N(C)C)[C@H](O)C2)cc1. The Morgan fingerprint density at radius 3 is 2.44 bits per heavy atom. The third kappa shape index (κ3) is 5.03. The number of β-amino-alcohol motifs (C(OH)–C–C–N with tert-alkyl or cyclic N) is 1. The average molecular weight is 368 g/mol. The lowest BCUT2D eigenvalue weighted by Crippen LogP contribution is -2.33. The zero-order valence-corrected chi connectivity index (χ0v) is 16.0. The number of carbonyl (C=O) groups excluding carboxylic acids is 1. The summed E-state index contributed by atoms with van der Waals surface area (Å²) in [5.41, 5.74) is 1.78. The Labute approximate surface area is 150 Å². The second-order valence-corrected chi connectivity index (χ2v) is 9.13. The van der Waals surface area contributed by atoms with Gasteiger partial charge in [-0.25, -0.2) is 12.7 Å². The first-order chi connectivity index (χ1) is 11.7. The van der Waals surface area contributed by atoms with Gasteiger partial charge in [0.25, 0.3) is 5.91 Å². The van der Waals surface area contributed by atoms with E-state index in [1.165, 1.54) is 19.7 Å². The predicted octanol–water partition coefficient (Wildman–Crippen LogP) is 1.35. The molecular formula is C18H28N2O4S. The van der Waals surface area contributed by atoms with Crippen LogP contribution in [-0.2, 0) is 16.4 Å². The third-order valence-corrected chi connectivity index (χ3v) is 6.66. The number of amides is 1. The number of nitrogens with zero attached hydrogens (tertiary/aromatic N) is 2. The van der Waals surface area contributed by atoms with Crippen molar-refractivity contribution in [2.45, 2.75) is 32.3 Å². The Morgan fingerprint density at radius 2 is 1.88 bits per heavy atom. The van der Waals surface area contributed by atoms with Crippen molar-refractivity contribution in [3.63, 3.8) is 0 Å². The molecule has 0 radical (unpaired) electrons. The molecule has 1 heterocycles. The lowest BCUT2D eigenvalue weighted by atomic mass is 10.1. The van der Waals surface area contributed by atoms with Crippen molar-refractivity contribution in [1.29, 1.82) is 0 Å². The van der Waals surface area contributed by atoms with Gasteiger partial charge in [0.05, 0.1) is 11.9 Å². The summed E-state index contributed by atoms with van der Waals surface area (Å²) in [4.78, 5) is 14.2. The molecule has 1 aliphatic rings. The van der Waals surface area contributed by atoms with Gasteiger partial charge in [0.15, 0.2) is 0 Å². The number of aliphatic hydroxyl groups excluding tert-OH is 1. The fourth-order valence-electron chi connectivity index (χ4n) is 2.98. The lowest BCUT2D eigenvalue weighted by Gasteiger charge is -2.18. The number of hydrogen-bond donors (Lipinski definition) is 1. The van der Waals surface area contributed by atoms with E-state index in [4.69, 9.17) is 0 Å². The van der Waals surface area contributed by atoms with Gasteiger partial charge in [-0.1, -0.05) is 25.5 Å². The molecule has 0 aliphatic carbocycles. The van der Waals surface area contributed by atoms with Crippen LogP contribution in [0.15, 0.2) is 24.3 Å². The Bertz CT molecular complexity index is 686. The van der Waals surface area contributed by atoms with Gasteiger partial charge in [-0.2, -0.15) is 0 Å². The molecule has 1 aromatic rings. The molecule has 0 bridgehead atoms. The van der Waals surface area contributed by atoms with Crippen molar-refractivity contribution in [3.8, 4) is 0 Å². The van der Waals surface area contributed by atoms with Crippen LogP contribution in [0, 0.1) is 5.92 Å². The first-order valence-electron chi connectivity index (χ1n) is 8.71. The van der Waals surface area contributed by atoms with Crippen molar-refractivity contribution < 1.29 is 18.3 Å². The molecule has 1 aromatic carbocycles. The first-order valence-corrected chi connectivity index (χ1v) is 10.3. The molecule has 2 atom stereocenters. The standard InChI is InChI=1S/C18H28N2O4S/c1-4-5-6-14-7-9-15(10-8-14)18(22)20-11-16(17(21)12-20)13-25(23,24)19(2)3/h7-10,16-17,21H,4-6,11-13H2,1-3H3/t16-,17+/m0/s1. The topological polar surface area (TPSA) is 77.9 Å². The lowest BCUT2D eigenvalue weighted by molar-refractivity contribution is 0.0764. The molecule has 140 valence electrons. The summed E-state index contributed by atoms with van der Waals surface area (Å²) >= 11 is 0. The minimum absolute atomic E-state index is 0.152. The van der Waals surface area contributed by atoms with Crippen molar-refractivity contribution >= 4 is 15.9 Å². The Hall–Kier alpha value is -1.44. The van der Waals surface area contributed by atoms with Crippen molar-refractivity contribution in [2.75, 3.05) is 32.9 Å². The van der Waals surface area contributed by atoms with Crippen molar-refractivity contribution in [2.24, 2.45) is 5.92 Å². The average Bonchev–Trinajstić information content (AvgIpc) is 2.92. The molecule has 1 N–H and O–H groups in total. The number of benzene rings is 1. The summed E-state index contributed by atoms with van der Waals surface area (Å²) in [6.07, 6.45) is 2.43. The second kappa shape index (κ2) is 8.29. The molecular weight excluding hydrogens is 340 g/mol. The van der Waals surface area contributed by atoms with E-state index in [0.29, 0.717) is 5.56 Å². The van der Waals surface area contributed by atoms with E-state index in [1.807, 2.05) is 24.3 Å². The molecule has 25 heavy (non-hydrogen) atoms. The summed E-state index contributed by atoms with van der Waals surface area (Å²) in [5.74, 6) is -0.771. The first kappa shape index (κ1) is 19.9. The van der Waals surface area contributed by atoms with Crippen LogP contribution in [0.25, 0.3) is 0 Å². The van der Waals surface area contributed by atoms with Gasteiger partial charge in [-0.15, -0.1) is 0 Å². The second-order valence-electron chi connectivity index (χ2n) is 6.90. The number of rotatable bonds is 7. The zero-order chi connectivity index (χ0) is 18.6. The zero-order valence-electron chi connectivity index (χ0n) is 15.2. The monoisotopic (exact) mass is 368 g/mol.